The average Bonchev–Trinajstić information content (AvgIpc) is 2.91. The molecule has 2 aromatic carbocycles. The molecule has 25 heavy (non-hydrogen) atoms. The molecule has 0 saturated carbocycles. The van der Waals surface area contributed by atoms with Crippen LogP contribution in [0.3, 0.4) is 0 Å². The summed E-state index contributed by atoms with van der Waals surface area (Å²) in [5, 5.41) is 8.59. The third kappa shape index (κ3) is 4.94. The first-order chi connectivity index (χ1) is 12.0. The molecule has 3 aromatic rings. The molecule has 0 atom stereocenters. The highest BCUT2D eigenvalue weighted by atomic mass is 32.1. The molecule has 0 unspecified atom stereocenters. The minimum atomic E-state index is -0.222. The van der Waals surface area contributed by atoms with Gasteiger partial charge < -0.3 is 5.32 Å². The Labute approximate surface area is 155 Å². The lowest BCUT2D eigenvalue weighted by atomic mass is 10.2. The van der Waals surface area contributed by atoms with Gasteiger partial charge in [-0.1, -0.05) is 41.2 Å². The van der Waals surface area contributed by atoms with Crippen molar-refractivity contribution >= 4 is 34.4 Å². The van der Waals surface area contributed by atoms with Gasteiger partial charge in [-0.05, 0) is 56.0 Å². The van der Waals surface area contributed by atoms with Crippen LogP contribution in [0.5, 0.6) is 0 Å². The average molecular weight is 375 g/mol. The molecule has 0 aliphatic carbocycles. The molecule has 0 radical (unpaired) electrons. The Morgan fingerprint density at radius 2 is 1.84 bits per heavy atom. The molecule has 1 N–H and O–H groups in total. The molecule has 130 valence electrons. The van der Waals surface area contributed by atoms with E-state index in [2.05, 4.69) is 34.4 Å². The highest BCUT2D eigenvalue weighted by Crippen LogP contribution is 2.21. The summed E-state index contributed by atoms with van der Waals surface area (Å²) in [5.41, 5.74) is 3.25. The van der Waals surface area contributed by atoms with Crippen molar-refractivity contribution in [3.05, 3.63) is 69.4 Å². The molecule has 0 fully saturated rings. The molecular weight excluding hydrogens is 355 g/mol. The summed E-state index contributed by atoms with van der Waals surface area (Å²) in [5.74, 6) is -0.222. The molecular formula is C18H19FN4S2. The van der Waals surface area contributed by atoms with Crippen LogP contribution in [-0.2, 0) is 13.2 Å². The first-order valence-corrected chi connectivity index (χ1v) is 9.07. The van der Waals surface area contributed by atoms with Gasteiger partial charge in [0.15, 0.2) is 3.95 Å². The fraction of sp³-hybridized carbons (Fsp3) is 0.222. The Bertz CT molecular complexity index is 885. The predicted octanol–water partition coefficient (Wildman–Crippen LogP) is 4.95. The zero-order valence-electron chi connectivity index (χ0n) is 14.1. The second-order valence-corrected chi connectivity index (χ2v) is 7.57. The molecule has 7 heteroatoms. The van der Waals surface area contributed by atoms with Crippen LogP contribution in [0, 0.1) is 16.7 Å². The van der Waals surface area contributed by atoms with Gasteiger partial charge in [-0.25, -0.2) is 9.07 Å². The number of anilines is 2. The third-order valence-electron chi connectivity index (χ3n) is 3.65. The van der Waals surface area contributed by atoms with E-state index >= 15 is 0 Å². The number of hydrogen-bond acceptors (Lipinski definition) is 5. The Kier molecular flexibility index (Phi) is 5.57. The fourth-order valence-electron chi connectivity index (χ4n) is 2.39. The van der Waals surface area contributed by atoms with Crippen LogP contribution in [0.15, 0.2) is 48.5 Å². The third-order valence-corrected chi connectivity index (χ3v) is 4.87. The van der Waals surface area contributed by atoms with E-state index < -0.39 is 0 Å². The van der Waals surface area contributed by atoms with E-state index in [-0.39, 0.29) is 5.82 Å². The number of aryl methyl sites for hydroxylation is 1. The zero-order valence-corrected chi connectivity index (χ0v) is 15.7. The Morgan fingerprint density at radius 1 is 1.16 bits per heavy atom. The van der Waals surface area contributed by atoms with Crippen LogP contribution in [0.2, 0.25) is 0 Å². The van der Waals surface area contributed by atoms with Crippen molar-refractivity contribution in [2.45, 2.75) is 20.1 Å². The van der Waals surface area contributed by atoms with Gasteiger partial charge in [0.05, 0.1) is 6.67 Å². The lowest BCUT2D eigenvalue weighted by molar-refractivity contribution is 0.245. The molecule has 4 nitrogen and oxygen atoms in total. The minimum Gasteiger partial charge on any atom is -0.330 e. The van der Waals surface area contributed by atoms with Gasteiger partial charge in [0.1, 0.15) is 5.82 Å². The van der Waals surface area contributed by atoms with E-state index in [1.54, 1.807) is 16.8 Å². The first kappa shape index (κ1) is 17.7. The fourth-order valence-corrected chi connectivity index (χ4v) is 3.40. The summed E-state index contributed by atoms with van der Waals surface area (Å²) >= 11 is 6.86. The lowest BCUT2D eigenvalue weighted by Gasteiger charge is -2.16. The van der Waals surface area contributed by atoms with Gasteiger partial charge in [0.25, 0.3) is 0 Å². The van der Waals surface area contributed by atoms with Crippen molar-refractivity contribution < 1.29 is 4.39 Å². The topological polar surface area (TPSA) is 33.1 Å². The van der Waals surface area contributed by atoms with E-state index in [0.29, 0.717) is 17.2 Å². The van der Waals surface area contributed by atoms with Crippen LogP contribution in [-0.4, -0.2) is 21.7 Å². The van der Waals surface area contributed by atoms with Crippen molar-refractivity contribution in [1.29, 1.82) is 0 Å². The number of benzene rings is 2. The minimum absolute atomic E-state index is 0.222. The van der Waals surface area contributed by atoms with Gasteiger partial charge in [-0.3, -0.25) is 4.90 Å². The van der Waals surface area contributed by atoms with Gasteiger partial charge in [-0.15, -0.1) is 5.10 Å². The van der Waals surface area contributed by atoms with E-state index in [0.717, 1.165) is 16.4 Å². The standard InChI is InChI=1S/C18H19FN4S2/c1-13-3-9-16(10-4-13)20-17-21-23(18(24)25-17)12-22(2)11-14-5-7-15(19)8-6-14/h3-10H,11-12H2,1-2H3,(H,20,21). The van der Waals surface area contributed by atoms with Crippen molar-refractivity contribution in [2.24, 2.45) is 0 Å². The summed E-state index contributed by atoms with van der Waals surface area (Å²) in [7, 11) is 1.98. The maximum Gasteiger partial charge on any atom is 0.209 e. The SMILES string of the molecule is Cc1ccc(Nc2nn(CN(C)Cc3ccc(F)cc3)c(=S)s2)cc1. The number of nitrogens with one attached hydrogen (secondary N) is 1. The second kappa shape index (κ2) is 7.86. The number of aromatic nitrogens is 2. The molecule has 0 aliphatic rings. The van der Waals surface area contributed by atoms with E-state index in [4.69, 9.17) is 12.2 Å². The molecule has 1 aromatic heterocycles. The van der Waals surface area contributed by atoms with Gasteiger partial charge in [0, 0.05) is 12.2 Å². The Hall–Kier alpha value is -2.09. The van der Waals surface area contributed by atoms with E-state index in [9.17, 15) is 4.39 Å². The highest BCUT2D eigenvalue weighted by Gasteiger charge is 2.07. The van der Waals surface area contributed by atoms with Crippen LogP contribution >= 0.6 is 23.6 Å². The van der Waals surface area contributed by atoms with Crippen LogP contribution in [0.25, 0.3) is 0 Å². The van der Waals surface area contributed by atoms with Crippen molar-refractivity contribution in [2.75, 3.05) is 12.4 Å². The number of rotatable bonds is 6. The second-order valence-electron chi connectivity index (χ2n) is 5.95. The molecule has 0 bridgehead atoms. The maximum absolute atomic E-state index is 13.0. The number of halogens is 1. The largest absolute Gasteiger partial charge is 0.330 e. The normalized spacial score (nSPS) is 11.0. The smallest absolute Gasteiger partial charge is 0.209 e. The molecule has 1 heterocycles. The van der Waals surface area contributed by atoms with Crippen molar-refractivity contribution in [3.63, 3.8) is 0 Å². The van der Waals surface area contributed by atoms with Gasteiger partial charge in [-0.2, -0.15) is 0 Å². The van der Waals surface area contributed by atoms with Crippen molar-refractivity contribution in [3.8, 4) is 0 Å². The quantitative estimate of drug-likeness (QED) is 0.619. The summed E-state index contributed by atoms with van der Waals surface area (Å²) in [4.78, 5) is 2.08. The monoisotopic (exact) mass is 374 g/mol. The Morgan fingerprint density at radius 3 is 2.52 bits per heavy atom. The van der Waals surface area contributed by atoms with Crippen LogP contribution in [0.4, 0.5) is 15.2 Å². The first-order valence-electron chi connectivity index (χ1n) is 7.84. The summed E-state index contributed by atoms with van der Waals surface area (Å²) in [6, 6.07) is 14.7. The number of nitrogens with zero attached hydrogens (tertiary/aromatic N) is 3. The zero-order chi connectivity index (χ0) is 17.8. The summed E-state index contributed by atoms with van der Waals surface area (Å²) in [6.07, 6.45) is 0. The highest BCUT2D eigenvalue weighted by molar-refractivity contribution is 7.73. The molecule has 0 amide bonds. The summed E-state index contributed by atoms with van der Waals surface area (Å²) < 4.78 is 15.5. The molecule has 0 spiro atoms. The van der Waals surface area contributed by atoms with Gasteiger partial charge >= 0.3 is 0 Å². The molecule has 0 aliphatic heterocycles. The van der Waals surface area contributed by atoms with E-state index in [1.165, 1.54) is 29.0 Å². The van der Waals surface area contributed by atoms with Crippen LogP contribution in [0.1, 0.15) is 11.1 Å². The predicted molar refractivity (Wildman–Crippen MR) is 103 cm³/mol. The molecule has 0 saturated heterocycles. The van der Waals surface area contributed by atoms with Gasteiger partial charge in [0.2, 0.25) is 5.13 Å². The number of hydrogen-bond donors (Lipinski definition) is 1. The summed E-state index contributed by atoms with van der Waals surface area (Å²) in [6.45, 7) is 3.32. The maximum atomic E-state index is 13.0. The Balaban J connectivity index is 1.64. The van der Waals surface area contributed by atoms with Crippen LogP contribution < -0.4 is 5.32 Å². The lowest BCUT2D eigenvalue weighted by Crippen LogP contribution is -2.22. The van der Waals surface area contributed by atoms with Crippen molar-refractivity contribution in [1.82, 2.24) is 14.7 Å². The van der Waals surface area contributed by atoms with E-state index in [1.807, 2.05) is 19.2 Å². The molecule has 3 rings (SSSR count).